The molecule has 10 heteroatoms. The third-order valence-electron chi connectivity index (χ3n) is 8.41. The van der Waals surface area contributed by atoms with E-state index in [1.54, 1.807) is 0 Å². The van der Waals surface area contributed by atoms with Gasteiger partial charge in [-0.2, -0.15) is 26.3 Å². The van der Waals surface area contributed by atoms with Gasteiger partial charge in [0.05, 0.1) is 12.0 Å². The Kier molecular flexibility index (Phi) is 12.1. The van der Waals surface area contributed by atoms with Crippen LogP contribution in [0, 0.1) is 0 Å². The maximum atomic E-state index is 14.6. The molecule has 0 atom stereocenters. The Morgan fingerprint density at radius 1 is 0.641 bits per heavy atom. The highest BCUT2D eigenvalue weighted by Gasteiger charge is 2.74. The molecule has 3 fully saturated rings. The van der Waals surface area contributed by atoms with Crippen molar-refractivity contribution in [1.29, 1.82) is 0 Å². The first-order valence-corrected chi connectivity index (χ1v) is 16.1. The Balaban J connectivity index is 0.00000205. The first kappa shape index (κ1) is 32.8. The first-order chi connectivity index (χ1) is 18.6. The molecule has 3 aliphatic rings. The van der Waals surface area contributed by atoms with Crippen LogP contribution in [0.15, 0.2) is 12.1 Å². The molecule has 224 valence electrons. The molecule has 0 spiro atoms. The predicted molar refractivity (Wildman–Crippen MR) is 149 cm³/mol. The summed E-state index contributed by atoms with van der Waals surface area (Å²) in [7, 11) is 0. The van der Waals surface area contributed by atoms with Crippen molar-refractivity contribution in [2.75, 3.05) is 0 Å². The van der Waals surface area contributed by atoms with Gasteiger partial charge < -0.3 is 8.74 Å². The van der Waals surface area contributed by atoms with Gasteiger partial charge in [0.1, 0.15) is 17.8 Å². The number of rotatable bonds is 9. The molecule has 4 rings (SSSR count). The summed E-state index contributed by atoms with van der Waals surface area (Å²) in [5, 5.41) is -10.6. The van der Waals surface area contributed by atoms with Crippen molar-refractivity contribution in [2.24, 2.45) is 0 Å². The third kappa shape index (κ3) is 7.56. The molecule has 0 amide bonds. The van der Waals surface area contributed by atoms with Crippen molar-refractivity contribution in [3.63, 3.8) is 0 Å². The van der Waals surface area contributed by atoms with Crippen molar-refractivity contribution in [3.8, 4) is 5.75 Å². The predicted octanol–water partition coefficient (Wildman–Crippen LogP) is 11.9. The van der Waals surface area contributed by atoms with Gasteiger partial charge in [-0.05, 0) is 73.0 Å². The zero-order chi connectivity index (χ0) is 28.7. The molecule has 3 aliphatic carbocycles. The number of hydrogen-bond acceptors (Lipinski definition) is 4. The number of hydrogen-bond donors (Lipinski definition) is 1. The molecule has 1 N–H and O–H groups in total. The quantitative estimate of drug-likeness (QED) is 0.226. The van der Waals surface area contributed by atoms with Crippen LogP contribution < -0.4 is 4.18 Å². The maximum Gasteiger partial charge on any atom is 0.398 e. The Morgan fingerprint density at radius 2 is 1.03 bits per heavy atom. The third-order valence-corrected chi connectivity index (χ3v) is 9.61. The Labute approximate surface area is 237 Å². The first-order valence-electron chi connectivity index (χ1n) is 14.6. The van der Waals surface area contributed by atoms with Crippen LogP contribution in [0.25, 0.3) is 0 Å². The van der Waals surface area contributed by atoms with E-state index in [1.807, 2.05) is 26.0 Å². The number of halogens is 6. The van der Waals surface area contributed by atoms with Crippen molar-refractivity contribution >= 4 is 24.1 Å². The summed E-state index contributed by atoms with van der Waals surface area (Å²) in [6.45, 7) is 4.00. The molecule has 1 aromatic carbocycles. The van der Waals surface area contributed by atoms with Gasteiger partial charge in [0.15, 0.2) is 0 Å². The average Bonchev–Trinajstić information content (AvgIpc) is 2.98. The van der Waals surface area contributed by atoms with E-state index in [0.29, 0.717) is 5.92 Å². The largest absolute Gasteiger partial charge is 0.419 e. The molecule has 0 unspecified atom stereocenters. The Bertz CT molecular complexity index is 857. The fraction of sp³-hybridized carbons (Fsp3) is 0.793. The lowest BCUT2D eigenvalue weighted by Crippen LogP contribution is -2.50. The topological polar surface area (TPSA) is 29.5 Å². The van der Waals surface area contributed by atoms with E-state index in [1.165, 1.54) is 12.0 Å². The normalized spacial score (nSPS) is 20.8. The lowest BCUT2D eigenvalue weighted by atomic mass is 9.75. The molecule has 0 aliphatic heterocycles. The van der Waals surface area contributed by atoms with Crippen LogP contribution in [0.1, 0.15) is 145 Å². The van der Waals surface area contributed by atoms with Crippen molar-refractivity contribution < 1.29 is 35.1 Å². The lowest BCUT2D eigenvalue weighted by Gasteiger charge is -2.33. The van der Waals surface area contributed by atoms with E-state index in [0.717, 1.165) is 101 Å². The Hall–Kier alpha value is -0.740. The number of alkyl halides is 6. The molecule has 3 saturated carbocycles. The van der Waals surface area contributed by atoms with Gasteiger partial charge in [0.2, 0.25) is 0 Å². The summed E-state index contributed by atoms with van der Waals surface area (Å²) in [4.78, 5) is 0. The minimum absolute atomic E-state index is 0.0544. The molecule has 39 heavy (non-hydrogen) atoms. The SMILES string of the molecule is CC.OSC(F)(F)C(F)(F)C(F)(F)SOc1c(C2CCCCC2)cc(C2CCCCC2)cc1C1CCCCC1. The zero-order valence-electron chi connectivity index (χ0n) is 22.9. The molecule has 2 nitrogen and oxygen atoms in total. The van der Waals surface area contributed by atoms with Gasteiger partial charge in [0, 0.05) is 0 Å². The smallest absolute Gasteiger partial charge is 0.398 e. The van der Waals surface area contributed by atoms with E-state index >= 15 is 0 Å². The van der Waals surface area contributed by atoms with E-state index in [9.17, 15) is 26.3 Å². The molecule has 0 saturated heterocycles. The standard InChI is InChI=1S/C27H36F6O2S2.C2H6/c28-25(29,26(30,31)36-34)27(32,33)37-35-24-22(19-12-6-2-7-13-19)16-21(18-10-4-1-5-11-18)17-23(24)20-14-8-3-9-15-20;1-2/h16-20,34H,1-15H2;1-2H3. The van der Waals surface area contributed by atoms with Crippen LogP contribution in [0.5, 0.6) is 5.75 Å². The van der Waals surface area contributed by atoms with Crippen molar-refractivity contribution in [1.82, 2.24) is 0 Å². The molecule has 0 aromatic heterocycles. The zero-order valence-corrected chi connectivity index (χ0v) is 24.6. The van der Waals surface area contributed by atoms with Crippen LogP contribution in [-0.2, 0) is 0 Å². The highest BCUT2D eigenvalue weighted by atomic mass is 32.2. The molecular weight excluding hydrogens is 558 g/mol. The average molecular weight is 601 g/mol. The van der Waals surface area contributed by atoms with E-state index in [2.05, 4.69) is 0 Å². The maximum absolute atomic E-state index is 14.6. The lowest BCUT2D eigenvalue weighted by molar-refractivity contribution is -0.239. The fourth-order valence-corrected chi connectivity index (χ4v) is 7.19. The second-order valence-electron chi connectivity index (χ2n) is 10.9. The molecular formula is C29H42F6O2S2. The van der Waals surface area contributed by atoms with E-state index < -0.39 is 40.5 Å². The van der Waals surface area contributed by atoms with Crippen molar-refractivity contribution in [2.45, 2.75) is 144 Å². The van der Waals surface area contributed by atoms with Crippen LogP contribution in [0.4, 0.5) is 26.3 Å². The summed E-state index contributed by atoms with van der Waals surface area (Å²) >= 11 is -2.49. The summed E-state index contributed by atoms with van der Waals surface area (Å²) in [6, 6.07) is 4.06. The summed E-state index contributed by atoms with van der Waals surface area (Å²) < 4.78 is 98.5. The molecule has 0 bridgehead atoms. The summed E-state index contributed by atoms with van der Waals surface area (Å²) in [5.74, 6) is -5.18. The van der Waals surface area contributed by atoms with E-state index in [4.69, 9.17) is 8.74 Å². The molecule has 0 radical (unpaired) electrons. The minimum atomic E-state index is -5.82. The van der Waals surface area contributed by atoms with Gasteiger partial charge in [-0.25, -0.2) is 0 Å². The van der Waals surface area contributed by atoms with E-state index in [-0.39, 0.29) is 17.6 Å². The Morgan fingerprint density at radius 3 is 1.41 bits per heavy atom. The fourth-order valence-electron chi connectivity index (χ4n) is 6.27. The molecule has 0 heterocycles. The van der Waals surface area contributed by atoms with Gasteiger partial charge in [-0.1, -0.05) is 83.8 Å². The van der Waals surface area contributed by atoms with Gasteiger partial charge in [-0.3, -0.25) is 0 Å². The van der Waals surface area contributed by atoms with Gasteiger partial charge in [-0.15, -0.1) is 0 Å². The summed E-state index contributed by atoms with van der Waals surface area (Å²) in [5.41, 5.74) is 2.69. The van der Waals surface area contributed by atoms with Crippen LogP contribution >= 0.6 is 24.1 Å². The second-order valence-corrected chi connectivity index (χ2v) is 12.4. The monoisotopic (exact) mass is 600 g/mol. The highest BCUT2D eigenvalue weighted by Crippen LogP contribution is 2.56. The molecule has 1 aromatic rings. The van der Waals surface area contributed by atoms with Crippen LogP contribution in [-0.4, -0.2) is 21.0 Å². The van der Waals surface area contributed by atoms with Crippen LogP contribution in [0.3, 0.4) is 0 Å². The summed E-state index contributed by atoms with van der Waals surface area (Å²) in [6.07, 6.45) is 15.1. The van der Waals surface area contributed by atoms with Gasteiger partial charge in [0.25, 0.3) is 0 Å². The minimum Gasteiger partial charge on any atom is -0.419 e. The highest BCUT2D eigenvalue weighted by molar-refractivity contribution is 7.96. The van der Waals surface area contributed by atoms with Crippen molar-refractivity contribution in [3.05, 3.63) is 28.8 Å². The second kappa shape index (κ2) is 14.4. The number of benzene rings is 1. The van der Waals surface area contributed by atoms with Gasteiger partial charge >= 0.3 is 16.4 Å². The van der Waals surface area contributed by atoms with Crippen LogP contribution in [0.2, 0.25) is 0 Å².